The molecule has 0 aliphatic rings. The van der Waals surface area contributed by atoms with Crippen LogP contribution in [0.25, 0.3) is 0 Å². The molecular formula is C13H14ClNO2S. The van der Waals surface area contributed by atoms with Crippen LogP contribution in [-0.2, 0) is 4.74 Å². The molecule has 0 saturated carbocycles. The van der Waals surface area contributed by atoms with Gasteiger partial charge in [0.1, 0.15) is 0 Å². The minimum atomic E-state index is -0.333. The molecule has 1 heterocycles. The highest BCUT2D eigenvalue weighted by atomic mass is 35.5. The zero-order chi connectivity index (χ0) is 12.3. The predicted molar refractivity (Wildman–Crippen MR) is 75.4 cm³/mol. The van der Waals surface area contributed by atoms with Crippen LogP contribution >= 0.6 is 23.7 Å². The van der Waals surface area contributed by atoms with E-state index in [-0.39, 0.29) is 24.4 Å². The molecule has 0 fully saturated rings. The summed E-state index contributed by atoms with van der Waals surface area (Å²) in [5.74, 6) is -0.333. The lowest BCUT2D eigenvalue weighted by atomic mass is 10.0. The van der Waals surface area contributed by atoms with Crippen LogP contribution in [0.3, 0.4) is 0 Å². The summed E-state index contributed by atoms with van der Waals surface area (Å²) < 4.78 is 4.64. The van der Waals surface area contributed by atoms with Gasteiger partial charge < -0.3 is 10.5 Å². The van der Waals surface area contributed by atoms with Gasteiger partial charge in [0.05, 0.1) is 18.7 Å². The van der Waals surface area contributed by atoms with Crippen LogP contribution in [0.5, 0.6) is 0 Å². The molecule has 0 spiro atoms. The molecule has 2 rings (SSSR count). The van der Waals surface area contributed by atoms with Gasteiger partial charge in [-0.1, -0.05) is 12.1 Å². The van der Waals surface area contributed by atoms with Gasteiger partial charge in [0, 0.05) is 0 Å². The number of hydrogen-bond donors (Lipinski definition) is 1. The quantitative estimate of drug-likeness (QED) is 0.881. The van der Waals surface area contributed by atoms with Crippen LogP contribution in [0.2, 0.25) is 0 Å². The van der Waals surface area contributed by atoms with Gasteiger partial charge >= 0.3 is 5.97 Å². The topological polar surface area (TPSA) is 52.3 Å². The molecular weight excluding hydrogens is 270 g/mol. The van der Waals surface area contributed by atoms with E-state index in [1.807, 2.05) is 29.0 Å². The second-order valence-corrected chi connectivity index (χ2v) is 4.43. The Kier molecular flexibility index (Phi) is 5.34. The number of nitrogens with two attached hydrogens (primary N) is 1. The van der Waals surface area contributed by atoms with Crippen molar-refractivity contribution in [3.8, 4) is 0 Å². The predicted octanol–water partition coefficient (Wildman–Crippen LogP) is 3.00. The van der Waals surface area contributed by atoms with Crippen molar-refractivity contribution in [3.63, 3.8) is 0 Å². The Morgan fingerprint density at radius 1 is 1.22 bits per heavy atom. The first kappa shape index (κ1) is 14.7. The van der Waals surface area contributed by atoms with Crippen molar-refractivity contribution in [3.05, 3.63) is 57.8 Å². The molecule has 0 amide bonds. The van der Waals surface area contributed by atoms with Crippen molar-refractivity contribution >= 4 is 29.7 Å². The van der Waals surface area contributed by atoms with Gasteiger partial charge in [0.15, 0.2) is 0 Å². The normalized spacial score (nSPS) is 11.4. The van der Waals surface area contributed by atoms with Gasteiger partial charge in [-0.05, 0) is 40.1 Å². The number of rotatable bonds is 3. The van der Waals surface area contributed by atoms with Crippen molar-refractivity contribution in [2.24, 2.45) is 5.73 Å². The average Bonchev–Trinajstić information content (AvgIpc) is 2.91. The van der Waals surface area contributed by atoms with Gasteiger partial charge in [0.2, 0.25) is 0 Å². The van der Waals surface area contributed by atoms with E-state index in [9.17, 15) is 4.79 Å². The van der Waals surface area contributed by atoms with E-state index in [1.54, 1.807) is 23.5 Å². The van der Waals surface area contributed by atoms with Gasteiger partial charge in [-0.25, -0.2) is 4.79 Å². The van der Waals surface area contributed by atoms with Crippen LogP contribution in [0, 0.1) is 0 Å². The summed E-state index contributed by atoms with van der Waals surface area (Å²) >= 11 is 1.62. The molecule has 0 saturated heterocycles. The summed E-state index contributed by atoms with van der Waals surface area (Å²) in [6.45, 7) is 0. The second kappa shape index (κ2) is 6.54. The lowest BCUT2D eigenvalue weighted by Gasteiger charge is -2.10. The molecule has 0 unspecified atom stereocenters. The van der Waals surface area contributed by atoms with Crippen LogP contribution < -0.4 is 5.73 Å². The lowest BCUT2D eigenvalue weighted by molar-refractivity contribution is 0.0600. The molecule has 2 N–H and O–H groups in total. The second-order valence-electron chi connectivity index (χ2n) is 3.65. The summed E-state index contributed by atoms with van der Waals surface area (Å²) in [6, 6.07) is 9.03. The Labute approximate surface area is 116 Å². The fourth-order valence-electron chi connectivity index (χ4n) is 1.59. The minimum Gasteiger partial charge on any atom is -0.465 e. The Bertz CT molecular complexity index is 496. The summed E-state index contributed by atoms with van der Waals surface area (Å²) in [7, 11) is 1.37. The molecule has 2 aromatic rings. The number of halogens is 1. The number of carbonyl (C=O) groups excluding carboxylic acids is 1. The van der Waals surface area contributed by atoms with Crippen LogP contribution in [-0.4, -0.2) is 13.1 Å². The van der Waals surface area contributed by atoms with E-state index in [4.69, 9.17) is 5.73 Å². The highest BCUT2D eigenvalue weighted by Crippen LogP contribution is 2.22. The average molecular weight is 284 g/mol. The maximum atomic E-state index is 11.3. The van der Waals surface area contributed by atoms with E-state index in [0.29, 0.717) is 5.56 Å². The maximum absolute atomic E-state index is 11.3. The molecule has 3 nitrogen and oxygen atoms in total. The molecule has 0 radical (unpaired) electrons. The fraction of sp³-hybridized carbons (Fsp3) is 0.154. The van der Waals surface area contributed by atoms with Crippen molar-refractivity contribution in [1.29, 1.82) is 0 Å². The van der Waals surface area contributed by atoms with E-state index >= 15 is 0 Å². The molecule has 1 aromatic carbocycles. The molecule has 5 heteroatoms. The van der Waals surface area contributed by atoms with Crippen LogP contribution in [0.15, 0.2) is 41.1 Å². The number of esters is 1. The highest BCUT2D eigenvalue weighted by Gasteiger charge is 2.10. The molecule has 1 aromatic heterocycles. The Morgan fingerprint density at radius 3 is 2.39 bits per heavy atom. The fourth-order valence-corrected chi connectivity index (χ4v) is 2.29. The maximum Gasteiger partial charge on any atom is 0.337 e. The number of carbonyl (C=O) groups is 1. The number of methoxy groups -OCH3 is 1. The lowest BCUT2D eigenvalue weighted by Crippen LogP contribution is -2.11. The zero-order valence-electron chi connectivity index (χ0n) is 9.83. The largest absolute Gasteiger partial charge is 0.465 e. The first-order chi connectivity index (χ1) is 8.22. The van der Waals surface area contributed by atoms with Crippen molar-refractivity contribution in [1.82, 2.24) is 0 Å². The highest BCUT2D eigenvalue weighted by molar-refractivity contribution is 7.08. The number of benzene rings is 1. The molecule has 0 bridgehead atoms. The van der Waals surface area contributed by atoms with Gasteiger partial charge in [-0.15, -0.1) is 12.4 Å². The monoisotopic (exact) mass is 283 g/mol. The third kappa shape index (κ3) is 3.10. The SMILES string of the molecule is COC(=O)c1ccc([C@H](N)c2ccsc2)cc1.Cl. The molecule has 0 aliphatic heterocycles. The standard InChI is InChI=1S/C13H13NO2S.ClH/c1-16-13(15)10-4-2-9(3-5-10)12(14)11-6-7-17-8-11;/h2-8,12H,14H2,1H3;1H/t12-;/m0./s1. The number of ether oxygens (including phenoxy) is 1. The zero-order valence-corrected chi connectivity index (χ0v) is 11.5. The van der Waals surface area contributed by atoms with E-state index in [1.165, 1.54) is 7.11 Å². The van der Waals surface area contributed by atoms with Gasteiger partial charge in [-0.3, -0.25) is 0 Å². The Hall–Kier alpha value is -1.36. The number of hydrogen-bond acceptors (Lipinski definition) is 4. The third-order valence-corrected chi connectivity index (χ3v) is 3.29. The minimum absolute atomic E-state index is 0. The number of thiophene rings is 1. The smallest absolute Gasteiger partial charge is 0.337 e. The van der Waals surface area contributed by atoms with Gasteiger partial charge in [-0.2, -0.15) is 11.3 Å². The summed E-state index contributed by atoms with van der Waals surface area (Å²) in [6.07, 6.45) is 0. The summed E-state index contributed by atoms with van der Waals surface area (Å²) in [5, 5.41) is 4.02. The third-order valence-electron chi connectivity index (χ3n) is 2.59. The molecule has 0 aliphatic carbocycles. The summed E-state index contributed by atoms with van der Waals surface area (Å²) in [5.41, 5.74) is 8.71. The van der Waals surface area contributed by atoms with E-state index in [2.05, 4.69) is 4.74 Å². The van der Waals surface area contributed by atoms with Crippen molar-refractivity contribution < 1.29 is 9.53 Å². The molecule has 1 atom stereocenters. The first-order valence-corrected chi connectivity index (χ1v) is 6.12. The van der Waals surface area contributed by atoms with Gasteiger partial charge in [0.25, 0.3) is 0 Å². The van der Waals surface area contributed by atoms with Crippen molar-refractivity contribution in [2.45, 2.75) is 6.04 Å². The Morgan fingerprint density at radius 2 is 1.89 bits per heavy atom. The van der Waals surface area contributed by atoms with E-state index in [0.717, 1.165) is 11.1 Å². The first-order valence-electron chi connectivity index (χ1n) is 5.18. The van der Waals surface area contributed by atoms with E-state index < -0.39 is 0 Å². The van der Waals surface area contributed by atoms with Crippen LogP contribution in [0.1, 0.15) is 27.5 Å². The molecule has 96 valence electrons. The van der Waals surface area contributed by atoms with Crippen LogP contribution in [0.4, 0.5) is 0 Å². The van der Waals surface area contributed by atoms with Crippen molar-refractivity contribution in [2.75, 3.05) is 7.11 Å². The summed E-state index contributed by atoms with van der Waals surface area (Å²) in [4.78, 5) is 11.3. The molecule has 18 heavy (non-hydrogen) atoms. The Balaban J connectivity index is 0.00000162.